The first kappa shape index (κ1) is 18.7. The van der Waals surface area contributed by atoms with E-state index >= 15 is 0 Å². The third-order valence-electron chi connectivity index (χ3n) is 3.67. The molecule has 0 atom stereocenters. The van der Waals surface area contributed by atoms with Gasteiger partial charge in [0.15, 0.2) is 0 Å². The van der Waals surface area contributed by atoms with Crippen LogP contribution < -0.4 is 19.5 Å². The summed E-state index contributed by atoms with van der Waals surface area (Å²) < 4.78 is 17.0. The maximum absolute atomic E-state index is 12.5. The Labute approximate surface area is 165 Å². The van der Waals surface area contributed by atoms with Crippen LogP contribution in [0, 0.1) is 0 Å². The van der Waals surface area contributed by atoms with Crippen molar-refractivity contribution in [2.45, 2.75) is 0 Å². The number of pyridine rings is 1. The van der Waals surface area contributed by atoms with Gasteiger partial charge in [-0.3, -0.25) is 4.79 Å². The van der Waals surface area contributed by atoms with Gasteiger partial charge in [-0.2, -0.15) is 0 Å². The van der Waals surface area contributed by atoms with Gasteiger partial charge in [-0.25, -0.2) is 4.98 Å². The molecule has 6 nitrogen and oxygen atoms in total. The quantitative estimate of drug-likeness (QED) is 0.603. The molecule has 1 amide bonds. The molecular formula is C20H17BrN2O4. The Bertz CT molecular complexity index is 945. The van der Waals surface area contributed by atoms with Gasteiger partial charge in [-0.05, 0) is 36.4 Å². The minimum Gasteiger partial charge on any atom is -0.497 e. The lowest BCUT2D eigenvalue weighted by molar-refractivity contribution is 0.102. The maximum Gasteiger partial charge on any atom is 0.257 e. The number of nitrogens with one attached hydrogen (secondary N) is 1. The molecule has 0 saturated carbocycles. The summed E-state index contributed by atoms with van der Waals surface area (Å²) in [5.41, 5.74) is 0.937. The molecule has 1 N–H and O–H groups in total. The van der Waals surface area contributed by atoms with Crippen molar-refractivity contribution in [1.82, 2.24) is 4.98 Å². The van der Waals surface area contributed by atoms with E-state index in [1.807, 2.05) is 24.3 Å². The van der Waals surface area contributed by atoms with Crippen LogP contribution in [0.3, 0.4) is 0 Å². The molecule has 0 fully saturated rings. The van der Waals surface area contributed by atoms with E-state index in [0.717, 1.165) is 4.47 Å². The number of methoxy groups -OCH3 is 2. The fourth-order valence-electron chi connectivity index (χ4n) is 2.32. The number of aromatic nitrogens is 1. The predicted octanol–water partition coefficient (Wildman–Crippen LogP) is 4.91. The summed E-state index contributed by atoms with van der Waals surface area (Å²) in [5, 5.41) is 2.80. The van der Waals surface area contributed by atoms with Gasteiger partial charge in [-0.15, -0.1) is 0 Å². The van der Waals surface area contributed by atoms with E-state index in [0.29, 0.717) is 34.4 Å². The molecule has 0 radical (unpaired) electrons. The van der Waals surface area contributed by atoms with Gasteiger partial charge in [0.25, 0.3) is 5.91 Å². The van der Waals surface area contributed by atoms with Crippen molar-refractivity contribution >= 4 is 27.5 Å². The smallest absolute Gasteiger partial charge is 0.257 e. The van der Waals surface area contributed by atoms with Crippen molar-refractivity contribution in [3.63, 3.8) is 0 Å². The number of hydrogen-bond acceptors (Lipinski definition) is 5. The highest BCUT2D eigenvalue weighted by Gasteiger charge is 2.12. The SMILES string of the molecule is COc1ccc(NC(=O)c2ccc(Oc3cccc(Br)c3)nc2)c(OC)c1. The molecule has 0 bridgehead atoms. The fraction of sp³-hybridized carbons (Fsp3) is 0.100. The first-order valence-corrected chi connectivity index (χ1v) is 8.81. The monoisotopic (exact) mass is 428 g/mol. The lowest BCUT2D eigenvalue weighted by Crippen LogP contribution is -2.13. The molecule has 7 heteroatoms. The van der Waals surface area contributed by atoms with E-state index in [4.69, 9.17) is 14.2 Å². The lowest BCUT2D eigenvalue weighted by atomic mass is 10.2. The van der Waals surface area contributed by atoms with Crippen LogP contribution in [-0.2, 0) is 0 Å². The molecular weight excluding hydrogens is 412 g/mol. The van der Waals surface area contributed by atoms with Crippen molar-refractivity contribution in [2.75, 3.05) is 19.5 Å². The van der Waals surface area contributed by atoms with Gasteiger partial charge in [0.05, 0.1) is 25.5 Å². The highest BCUT2D eigenvalue weighted by Crippen LogP contribution is 2.29. The molecule has 1 heterocycles. The summed E-state index contributed by atoms with van der Waals surface area (Å²) >= 11 is 3.39. The van der Waals surface area contributed by atoms with Crippen molar-refractivity contribution in [2.24, 2.45) is 0 Å². The average Bonchev–Trinajstić information content (AvgIpc) is 2.69. The van der Waals surface area contributed by atoms with Crippen LogP contribution >= 0.6 is 15.9 Å². The number of benzene rings is 2. The zero-order valence-electron chi connectivity index (χ0n) is 14.7. The van der Waals surface area contributed by atoms with E-state index in [1.54, 1.807) is 37.4 Å². The number of halogens is 1. The largest absolute Gasteiger partial charge is 0.497 e. The summed E-state index contributed by atoms with van der Waals surface area (Å²) in [6, 6.07) is 15.9. The van der Waals surface area contributed by atoms with Gasteiger partial charge in [0.2, 0.25) is 5.88 Å². The molecule has 0 aliphatic rings. The molecule has 138 valence electrons. The van der Waals surface area contributed by atoms with Crippen molar-refractivity contribution in [1.29, 1.82) is 0 Å². The van der Waals surface area contributed by atoms with Gasteiger partial charge >= 0.3 is 0 Å². The van der Waals surface area contributed by atoms with Crippen molar-refractivity contribution < 1.29 is 19.0 Å². The molecule has 2 aromatic carbocycles. The second-order valence-electron chi connectivity index (χ2n) is 5.46. The minimum atomic E-state index is -0.306. The standard InChI is InChI=1S/C20H17BrN2O4/c1-25-15-7-8-17(18(11-15)26-2)23-20(24)13-6-9-19(22-12-13)27-16-5-3-4-14(21)10-16/h3-12H,1-2H3,(H,23,24). The third-order valence-corrected chi connectivity index (χ3v) is 4.17. The van der Waals surface area contributed by atoms with Crippen LogP contribution in [0.4, 0.5) is 5.69 Å². The summed E-state index contributed by atoms with van der Waals surface area (Å²) in [4.78, 5) is 16.7. The van der Waals surface area contributed by atoms with Crippen LogP contribution in [0.15, 0.2) is 65.3 Å². The molecule has 3 rings (SSSR count). The first-order valence-electron chi connectivity index (χ1n) is 8.02. The Morgan fingerprint density at radius 2 is 1.85 bits per heavy atom. The van der Waals surface area contributed by atoms with E-state index in [2.05, 4.69) is 26.2 Å². The molecule has 1 aromatic heterocycles. The van der Waals surface area contributed by atoms with Gasteiger partial charge < -0.3 is 19.5 Å². The number of carbonyl (C=O) groups excluding carboxylic acids is 1. The van der Waals surface area contributed by atoms with Gasteiger partial charge in [0, 0.05) is 22.8 Å². The van der Waals surface area contributed by atoms with Gasteiger partial charge in [-0.1, -0.05) is 22.0 Å². The molecule has 0 unspecified atom stereocenters. The summed E-state index contributed by atoms with van der Waals surface area (Å²) in [6.45, 7) is 0. The van der Waals surface area contributed by atoms with Crippen LogP contribution in [0.25, 0.3) is 0 Å². The van der Waals surface area contributed by atoms with E-state index in [-0.39, 0.29) is 5.91 Å². The normalized spacial score (nSPS) is 10.2. The number of carbonyl (C=O) groups is 1. The maximum atomic E-state index is 12.5. The Hall–Kier alpha value is -3.06. The average molecular weight is 429 g/mol. The zero-order valence-corrected chi connectivity index (χ0v) is 16.3. The van der Waals surface area contributed by atoms with Crippen molar-refractivity contribution in [3.05, 3.63) is 70.8 Å². The number of nitrogens with zero attached hydrogens (tertiary/aromatic N) is 1. The summed E-state index contributed by atoms with van der Waals surface area (Å²) in [6.07, 6.45) is 1.46. The van der Waals surface area contributed by atoms with Crippen molar-refractivity contribution in [3.8, 4) is 23.1 Å². The Morgan fingerprint density at radius 3 is 2.52 bits per heavy atom. The number of ether oxygens (including phenoxy) is 3. The molecule has 0 aliphatic carbocycles. The Kier molecular flexibility index (Phi) is 5.93. The fourth-order valence-corrected chi connectivity index (χ4v) is 2.70. The third kappa shape index (κ3) is 4.77. The number of anilines is 1. The molecule has 27 heavy (non-hydrogen) atoms. The molecule has 0 spiro atoms. The first-order chi connectivity index (χ1) is 13.1. The number of amides is 1. The Balaban J connectivity index is 1.71. The molecule has 0 aliphatic heterocycles. The number of rotatable bonds is 6. The highest BCUT2D eigenvalue weighted by atomic mass is 79.9. The Morgan fingerprint density at radius 1 is 1.00 bits per heavy atom. The second-order valence-corrected chi connectivity index (χ2v) is 6.38. The summed E-state index contributed by atoms with van der Waals surface area (Å²) in [7, 11) is 3.09. The minimum absolute atomic E-state index is 0.306. The lowest BCUT2D eigenvalue weighted by Gasteiger charge is -2.12. The van der Waals surface area contributed by atoms with Crippen LogP contribution in [0.2, 0.25) is 0 Å². The number of hydrogen-bond donors (Lipinski definition) is 1. The molecule has 0 saturated heterocycles. The van der Waals surface area contributed by atoms with Crippen LogP contribution in [0.5, 0.6) is 23.1 Å². The van der Waals surface area contributed by atoms with Crippen LogP contribution in [0.1, 0.15) is 10.4 Å². The topological polar surface area (TPSA) is 69.7 Å². The predicted molar refractivity (Wildman–Crippen MR) is 106 cm³/mol. The van der Waals surface area contributed by atoms with E-state index < -0.39 is 0 Å². The second kappa shape index (κ2) is 8.55. The van der Waals surface area contributed by atoms with E-state index in [1.165, 1.54) is 13.3 Å². The molecule has 3 aromatic rings. The van der Waals surface area contributed by atoms with Crippen LogP contribution in [-0.4, -0.2) is 25.1 Å². The zero-order chi connectivity index (χ0) is 19.2. The highest BCUT2D eigenvalue weighted by molar-refractivity contribution is 9.10. The van der Waals surface area contributed by atoms with Gasteiger partial charge in [0.1, 0.15) is 17.2 Å². The summed E-state index contributed by atoms with van der Waals surface area (Å²) in [5.74, 6) is 1.88. The van der Waals surface area contributed by atoms with E-state index in [9.17, 15) is 4.79 Å².